The molecule has 0 spiro atoms. The van der Waals surface area contributed by atoms with E-state index in [1.165, 1.54) is 25.7 Å². The third kappa shape index (κ3) is 4.90. The highest BCUT2D eigenvalue weighted by Gasteiger charge is 2.17. The van der Waals surface area contributed by atoms with Crippen LogP contribution >= 0.6 is 12.6 Å². The molecule has 2 rings (SSSR count). The zero-order chi connectivity index (χ0) is 13.5. The van der Waals surface area contributed by atoms with Crippen molar-refractivity contribution in [3.05, 3.63) is 35.9 Å². The number of rotatable bonds is 6. The van der Waals surface area contributed by atoms with Gasteiger partial charge < -0.3 is 5.32 Å². The van der Waals surface area contributed by atoms with Crippen molar-refractivity contribution in [2.75, 3.05) is 6.54 Å². The molecule has 1 aliphatic carbocycles. The molecule has 0 aromatic heterocycles. The van der Waals surface area contributed by atoms with E-state index in [-0.39, 0.29) is 11.2 Å². The van der Waals surface area contributed by atoms with Crippen molar-refractivity contribution in [3.63, 3.8) is 0 Å². The van der Waals surface area contributed by atoms with Gasteiger partial charge in [0, 0.05) is 6.54 Å². The van der Waals surface area contributed by atoms with Crippen LogP contribution in [-0.4, -0.2) is 17.7 Å². The number of benzene rings is 1. The van der Waals surface area contributed by atoms with Crippen LogP contribution in [0.5, 0.6) is 0 Å². The fraction of sp³-hybridized carbons (Fsp3) is 0.562. The normalized spacial score (nSPS) is 17.3. The summed E-state index contributed by atoms with van der Waals surface area (Å²) in [5, 5.41) is 2.77. The second kappa shape index (κ2) is 7.59. The van der Waals surface area contributed by atoms with E-state index < -0.39 is 0 Å². The Hall–Kier alpha value is -0.960. The zero-order valence-corrected chi connectivity index (χ0v) is 12.2. The molecule has 1 saturated carbocycles. The van der Waals surface area contributed by atoms with E-state index in [4.69, 9.17) is 0 Å². The summed E-state index contributed by atoms with van der Waals surface area (Å²) in [5.74, 6) is 0.887. The number of thiol groups is 1. The first-order valence-electron chi connectivity index (χ1n) is 7.25. The molecule has 104 valence electrons. The maximum Gasteiger partial charge on any atom is 0.233 e. The van der Waals surface area contributed by atoms with Crippen molar-refractivity contribution in [1.29, 1.82) is 0 Å². The van der Waals surface area contributed by atoms with Crippen molar-refractivity contribution in [2.24, 2.45) is 5.92 Å². The predicted octanol–water partition coefficient (Wildman–Crippen LogP) is 3.22. The molecule has 1 unspecified atom stereocenters. The molecule has 2 nitrogen and oxygen atoms in total. The van der Waals surface area contributed by atoms with E-state index in [1.54, 1.807) is 0 Å². The van der Waals surface area contributed by atoms with Gasteiger partial charge in [-0.25, -0.2) is 0 Å². The lowest BCUT2D eigenvalue weighted by Gasteiger charge is -2.13. The van der Waals surface area contributed by atoms with Crippen LogP contribution in [0.25, 0.3) is 0 Å². The van der Waals surface area contributed by atoms with Crippen molar-refractivity contribution >= 4 is 18.5 Å². The minimum absolute atomic E-state index is 0.0604. The van der Waals surface area contributed by atoms with Gasteiger partial charge in [-0.05, 0) is 24.3 Å². The molecule has 3 heteroatoms. The maximum absolute atomic E-state index is 11.9. The van der Waals surface area contributed by atoms with E-state index in [1.807, 2.05) is 30.3 Å². The average molecular weight is 277 g/mol. The molecule has 1 fully saturated rings. The summed E-state index contributed by atoms with van der Waals surface area (Å²) in [5.41, 5.74) is 1.16. The zero-order valence-electron chi connectivity index (χ0n) is 11.3. The molecule has 0 saturated heterocycles. The Bertz CT molecular complexity index is 387. The smallest absolute Gasteiger partial charge is 0.233 e. The molecule has 1 amide bonds. The third-order valence-corrected chi connectivity index (χ3v) is 4.32. The minimum atomic E-state index is -0.244. The number of amides is 1. The number of carbonyl (C=O) groups excluding carboxylic acids is 1. The first kappa shape index (κ1) is 14.4. The summed E-state index contributed by atoms with van der Waals surface area (Å²) in [6.45, 7) is 0.801. The number of hydrogen-bond acceptors (Lipinski definition) is 2. The van der Waals surface area contributed by atoms with Gasteiger partial charge in [0.15, 0.2) is 0 Å². The Balaban J connectivity index is 1.67. The molecule has 1 aromatic rings. The Kier molecular flexibility index (Phi) is 5.77. The third-order valence-electron chi connectivity index (χ3n) is 3.90. The average Bonchev–Trinajstić information content (AvgIpc) is 2.93. The highest BCUT2D eigenvalue weighted by molar-refractivity contribution is 7.81. The first-order chi connectivity index (χ1) is 9.25. The highest BCUT2D eigenvalue weighted by Crippen LogP contribution is 2.26. The molecule has 0 radical (unpaired) electrons. The first-order valence-corrected chi connectivity index (χ1v) is 7.77. The Morgan fingerprint density at radius 2 is 1.95 bits per heavy atom. The van der Waals surface area contributed by atoms with E-state index in [9.17, 15) is 4.79 Å². The molecular formula is C16H23NOS. The number of hydrogen-bond donors (Lipinski definition) is 2. The van der Waals surface area contributed by atoms with Gasteiger partial charge in [-0.15, -0.1) is 0 Å². The lowest BCUT2D eigenvalue weighted by Crippen LogP contribution is -2.33. The van der Waals surface area contributed by atoms with Crippen LogP contribution in [0.3, 0.4) is 0 Å². The molecule has 0 aliphatic heterocycles. The van der Waals surface area contributed by atoms with Gasteiger partial charge in [0.1, 0.15) is 0 Å². The summed E-state index contributed by atoms with van der Waals surface area (Å²) >= 11 is 4.41. The van der Waals surface area contributed by atoms with E-state index >= 15 is 0 Å². The van der Waals surface area contributed by atoms with Gasteiger partial charge in [-0.3, -0.25) is 4.79 Å². The van der Waals surface area contributed by atoms with E-state index in [2.05, 4.69) is 17.9 Å². The summed E-state index contributed by atoms with van der Waals surface area (Å²) in [7, 11) is 0. The Morgan fingerprint density at radius 3 is 2.63 bits per heavy atom. The monoisotopic (exact) mass is 277 g/mol. The summed E-state index contributed by atoms with van der Waals surface area (Å²) < 4.78 is 0. The van der Waals surface area contributed by atoms with E-state index in [0.29, 0.717) is 6.42 Å². The van der Waals surface area contributed by atoms with Crippen molar-refractivity contribution < 1.29 is 4.79 Å². The van der Waals surface area contributed by atoms with Crippen molar-refractivity contribution in [1.82, 2.24) is 5.32 Å². The molecule has 1 atom stereocenters. The van der Waals surface area contributed by atoms with Crippen LogP contribution < -0.4 is 5.32 Å². The molecule has 0 bridgehead atoms. The fourth-order valence-corrected chi connectivity index (χ4v) is 3.05. The quantitative estimate of drug-likeness (QED) is 0.768. The topological polar surface area (TPSA) is 29.1 Å². The van der Waals surface area contributed by atoms with Gasteiger partial charge >= 0.3 is 0 Å². The fourth-order valence-electron chi connectivity index (χ4n) is 2.75. The second-order valence-corrected chi connectivity index (χ2v) is 6.06. The van der Waals surface area contributed by atoms with Gasteiger partial charge in [0.2, 0.25) is 5.91 Å². The number of nitrogens with one attached hydrogen (secondary N) is 1. The SMILES string of the molecule is O=C(NCCC1CCCC1)C(S)Cc1ccccc1. The van der Waals surface area contributed by atoms with Crippen LogP contribution in [0.4, 0.5) is 0 Å². The van der Waals surface area contributed by atoms with Gasteiger partial charge in [-0.2, -0.15) is 12.6 Å². The minimum Gasteiger partial charge on any atom is -0.355 e. The van der Waals surface area contributed by atoms with E-state index in [0.717, 1.165) is 24.4 Å². The lowest BCUT2D eigenvalue weighted by molar-refractivity contribution is -0.120. The van der Waals surface area contributed by atoms with Gasteiger partial charge in [-0.1, -0.05) is 56.0 Å². The summed E-state index contributed by atoms with van der Waals surface area (Å²) in [6.07, 6.45) is 7.22. The van der Waals surface area contributed by atoms with Crippen LogP contribution in [0.15, 0.2) is 30.3 Å². The predicted molar refractivity (Wildman–Crippen MR) is 82.5 cm³/mol. The summed E-state index contributed by atoms with van der Waals surface area (Å²) in [4.78, 5) is 11.9. The largest absolute Gasteiger partial charge is 0.355 e. The van der Waals surface area contributed by atoms with Gasteiger partial charge in [0.25, 0.3) is 0 Å². The number of carbonyl (C=O) groups is 1. The molecule has 1 N–H and O–H groups in total. The second-order valence-electron chi connectivity index (χ2n) is 5.44. The van der Waals surface area contributed by atoms with Crippen molar-refractivity contribution in [3.8, 4) is 0 Å². The molecule has 1 aromatic carbocycles. The maximum atomic E-state index is 11.9. The van der Waals surface area contributed by atoms with Crippen LogP contribution in [-0.2, 0) is 11.2 Å². The van der Waals surface area contributed by atoms with Gasteiger partial charge in [0.05, 0.1) is 5.25 Å². The van der Waals surface area contributed by atoms with Crippen molar-refractivity contribution in [2.45, 2.75) is 43.8 Å². The highest BCUT2D eigenvalue weighted by atomic mass is 32.1. The lowest BCUT2D eigenvalue weighted by atomic mass is 10.0. The van der Waals surface area contributed by atoms with Crippen LogP contribution in [0, 0.1) is 5.92 Å². The Morgan fingerprint density at radius 1 is 1.26 bits per heavy atom. The Labute approximate surface area is 121 Å². The summed E-state index contributed by atoms with van der Waals surface area (Å²) in [6, 6.07) is 10.0. The molecule has 19 heavy (non-hydrogen) atoms. The standard InChI is InChI=1S/C16H23NOS/c18-16(17-11-10-13-6-4-5-7-13)15(19)12-14-8-2-1-3-9-14/h1-3,8-9,13,15,19H,4-7,10-12H2,(H,17,18). The molecular weight excluding hydrogens is 254 g/mol. The molecule has 0 heterocycles. The molecule has 1 aliphatic rings. The van der Waals surface area contributed by atoms with Crippen LogP contribution in [0.1, 0.15) is 37.7 Å². The van der Waals surface area contributed by atoms with Crippen LogP contribution in [0.2, 0.25) is 0 Å².